The van der Waals surface area contributed by atoms with Crippen molar-refractivity contribution in [3.05, 3.63) is 47.0 Å². The zero-order valence-corrected chi connectivity index (χ0v) is 19.7. The van der Waals surface area contributed by atoms with Crippen LogP contribution in [-0.4, -0.2) is 41.8 Å². The van der Waals surface area contributed by atoms with Crippen molar-refractivity contribution in [2.45, 2.75) is 63.7 Å². The molecule has 1 aliphatic heterocycles. The van der Waals surface area contributed by atoms with E-state index in [4.69, 9.17) is 5.73 Å². The third-order valence-corrected chi connectivity index (χ3v) is 7.13. The van der Waals surface area contributed by atoms with Crippen LogP contribution in [0, 0.1) is 0 Å². The fourth-order valence-electron chi connectivity index (χ4n) is 5.30. The molecule has 1 aliphatic carbocycles. The van der Waals surface area contributed by atoms with E-state index in [1.54, 1.807) is 7.05 Å². The lowest BCUT2D eigenvalue weighted by atomic mass is 9.89. The molecule has 176 valence electrons. The lowest BCUT2D eigenvalue weighted by Gasteiger charge is -2.32. The first-order chi connectivity index (χ1) is 16.0. The quantitative estimate of drug-likeness (QED) is 0.567. The van der Waals surface area contributed by atoms with Crippen LogP contribution in [0.1, 0.15) is 85.2 Å². The summed E-state index contributed by atoms with van der Waals surface area (Å²) in [5.74, 6) is 1.88. The summed E-state index contributed by atoms with van der Waals surface area (Å²) in [6.07, 6.45) is 7.09. The van der Waals surface area contributed by atoms with Crippen LogP contribution in [0.2, 0.25) is 0 Å². The highest BCUT2D eigenvalue weighted by atomic mass is 16.2. The van der Waals surface area contributed by atoms with Crippen molar-refractivity contribution in [3.8, 4) is 0 Å². The zero-order valence-electron chi connectivity index (χ0n) is 19.7. The number of nitrogens with zero attached hydrogens (tertiary/aromatic N) is 2. The molecule has 2 aliphatic rings. The molecule has 1 saturated heterocycles. The Morgan fingerprint density at radius 2 is 1.73 bits per heavy atom. The first kappa shape index (κ1) is 23.1. The lowest BCUT2D eigenvalue weighted by molar-refractivity contribution is -0.131. The maximum atomic E-state index is 12.2. The molecule has 0 atom stereocenters. The minimum absolute atomic E-state index is 0.251. The fourth-order valence-corrected chi connectivity index (χ4v) is 5.30. The highest BCUT2D eigenvalue weighted by Gasteiger charge is 2.26. The van der Waals surface area contributed by atoms with Crippen LogP contribution in [0.3, 0.4) is 0 Å². The second kappa shape index (κ2) is 10.2. The van der Waals surface area contributed by atoms with E-state index in [-0.39, 0.29) is 5.91 Å². The van der Waals surface area contributed by atoms with E-state index in [2.05, 4.69) is 39.9 Å². The second-order valence-electron chi connectivity index (χ2n) is 9.17. The van der Waals surface area contributed by atoms with Gasteiger partial charge in [-0.05, 0) is 66.8 Å². The van der Waals surface area contributed by atoms with Crippen molar-refractivity contribution in [2.75, 3.05) is 30.8 Å². The summed E-state index contributed by atoms with van der Waals surface area (Å²) >= 11 is 0. The van der Waals surface area contributed by atoms with Gasteiger partial charge in [0.15, 0.2) is 0 Å². The number of benzene rings is 1. The van der Waals surface area contributed by atoms with Gasteiger partial charge in [0.1, 0.15) is 11.6 Å². The van der Waals surface area contributed by atoms with Crippen molar-refractivity contribution in [1.82, 2.24) is 9.88 Å². The average Bonchev–Trinajstić information content (AvgIpc) is 3.38. The number of carbonyl (C=O) groups is 2. The minimum Gasteiger partial charge on any atom is -0.372 e. The third-order valence-electron chi connectivity index (χ3n) is 7.13. The van der Waals surface area contributed by atoms with Crippen molar-refractivity contribution in [1.29, 1.82) is 0 Å². The van der Waals surface area contributed by atoms with E-state index in [1.807, 2.05) is 17.9 Å². The lowest BCUT2D eigenvalue weighted by Crippen LogP contribution is -2.37. The van der Waals surface area contributed by atoms with Gasteiger partial charge in [-0.2, -0.15) is 0 Å². The molecule has 2 aromatic rings. The Kier molecular flexibility index (Phi) is 7.16. The molecular formula is C26H35N5O2. The number of aromatic nitrogens is 1. The highest BCUT2D eigenvalue weighted by Crippen LogP contribution is 2.39. The van der Waals surface area contributed by atoms with Gasteiger partial charge in [0.2, 0.25) is 5.91 Å². The third kappa shape index (κ3) is 5.13. The van der Waals surface area contributed by atoms with Gasteiger partial charge in [-0.15, -0.1) is 0 Å². The van der Waals surface area contributed by atoms with Crippen LogP contribution in [0.15, 0.2) is 30.3 Å². The van der Waals surface area contributed by atoms with Gasteiger partial charge in [-0.1, -0.05) is 31.9 Å². The predicted octanol–water partition coefficient (Wildman–Crippen LogP) is 4.74. The van der Waals surface area contributed by atoms with Crippen LogP contribution in [0.5, 0.6) is 0 Å². The summed E-state index contributed by atoms with van der Waals surface area (Å²) < 4.78 is 0. The Balaban J connectivity index is 1.49. The van der Waals surface area contributed by atoms with Crippen LogP contribution < -0.4 is 16.4 Å². The smallest absolute Gasteiger partial charge is 0.252 e. The number of rotatable bonds is 7. The number of carbonyl (C=O) groups excluding carboxylic acids is 2. The summed E-state index contributed by atoms with van der Waals surface area (Å²) in [5.41, 5.74) is 9.49. The number of anilines is 3. The molecule has 0 spiro atoms. The van der Waals surface area contributed by atoms with E-state index in [9.17, 15) is 9.59 Å². The van der Waals surface area contributed by atoms with E-state index < -0.39 is 5.91 Å². The molecule has 7 heteroatoms. The molecule has 2 heterocycles. The molecule has 1 aromatic heterocycles. The molecule has 1 aromatic carbocycles. The minimum atomic E-state index is -0.434. The molecule has 0 radical (unpaired) electrons. The Hall–Kier alpha value is -3.09. The number of nitrogens with one attached hydrogen (secondary N) is 2. The number of amides is 2. The number of pyridine rings is 1. The molecule has 2 amide bonds. The molecule has 0 bridgehead atoms. The van der Waals surface area contributed by atoms with E-state index in [1.165, 1.54) is 18.4 Å². The average molecular weight is 450 g/mol. The normalized spacial score (nSPS) is 17.2. The predicted molar refractivity (Wildman–Crippen MR) is 132 cm³/mol. The van der Waals surface area contributed by atoms with E-state index in [0.717, 1.165) is 50.0 Å². The summed E-state index contributed by atoms with van der Waals surface area (Å²) in [4.78, 5) is 30.7. The summed E-state index contributed by atoms with van der Waals surface area (Å²) in [6, 6.07) is 10.5. The van der Waals surface area contributed by atoms with Gasteiger partial charge in [0, 0.05) is 32.2 Å². The number of likely N-dealkylation sites (tertiary alicyclic amines) is 1. The topological polar surface area (TPSA) is 100 Å². The summed E-state index contributed by atoms with van der Waals surface area (Å²) in [7, 11) is 1.77. The molecule has 4 N–H and O–H groups in total. The highest BCUT2D eigenvalue weighted by molar-refractivity contribution is 5.99. The van der Waals surface area contributed by atoms with Gasteiger partial charge in [0.25, 0.3) is 5.91 Å². The number of nitrogens with two attached hydrogens (primary N) is 1. The molecule has 7 nitrogen and oxygen atoms in total. The molecule has 1 saturated carbocycles. The molecule has 4 rings (SSSR count). The van der Waals surface area contributed by atoms with Crippen LogP contribution in [0.4, 0.5) is 17.3 Å². The SMILES string of the molecule is CCC(=O)N1CCC(c2ccc(Nc3cc(C4CCCC4)c(C(N)=O)c(NC)n3)cc2)CC1. The van der Waals surface area contributed by atoms with Crippen molar-refractivity contribution < 1.29 is 9.59 Å². The first-order valence-corrected chi connectivity index (χ1v) is 12.2. The van der Waals surface area contributed by atoms with Crippen LogP contribution in [0.25, 0.3) is 0 Å². The van der Waals surface area contributed by atoms with Crippen molar-refractivity contribution in [2.24, 2.45) is 5.73 Å². The number of piperidine rings is 1. The number of hydrogen-bond donors (Lipinski definition) is 3. The van der Waals surface area contributed by atoms with Gasteiger partial charge in [0.05, 0.1) is 5.56 Å². The Labute approximate surface area is 196 Å². The molecule has 0 unspecified atom stereocenters. The van der Waals surface area contributed by atoms with Crippen LogP contribution in [-0.2, 0) is 4.79 Å². The first-order valence-electron chi connectivity index (χ1n) is 12.2. The maximum Gasteiger partial charge on any atom is 0.252 e. The maximum absolute atomic E-state index is 12.2. The van der Waals surface area contributed by atoms with Gasteiger partial charge < -0.3 is 21.3 Å². The zero-order chi connectivity index (χ0) is 23.4. The number of primary amides is 1. The van der Waals surface area contributed by atoms with E-state index in [0.29, 0.717) is 35.5 Å². The van der Waals surface area contributed by atoms with Crippen LogP contribution >= 0.6 is 0 Å². The van der Waals surface area contributed by atoms with Gasteiger partial charge in [-0.3, -0.25) is 9.59 Å². The van der Waals surface area contributed by atoms with Gasteiger partial charge >= 0.3 is 0 Å². The van der Waals surface area contributed by atoms with Gasteiger partial charge in [-0.25, -0.2) is 4.98 Å². The van der Waals surface area contributed by atoms with Crippen molar-refractivity contribution in [3.63, 3.8) is 0 Å². The Morgan fingerprint density at radius 3 is 2.30 bits per heavy atom. The fraction of sp³-hybridized carbons (Fsp3) is 0.500. The monoisotopic (exact) mass is 449 g/mol. The van der Waals surface area contributed by atoms with E-state index >= 15 is 0 Å². The Bertz CT molecular complexity index is 990. The number of hydrogen-bond acceptors (Lipinski definition) is 5. The summed E-state index contributed by atoms with van der Waals surface area (Å²) in [5, 5.41) is 6.47. The standard InChI is InChI=1S/C26H35N5O2/c1-3-23(32)31-14-12-18(13-15-31)17-8-10-20(11-9-17)29-22-16-21(19-6-4-5-7-19)24(25(27)33)26(28-2)30-22/h8-11,16,18-19H,3-7,12-15H2,1-2H3,(H2,27,33)(H2,28,29,30). The van der Waals surface area contributed by atoms with Crippen molar-refractivity contribution >= 4 is 29.1 Å². The molecule has 33 heavy (non-hydrogen) atoms. The molecular weight excluding hydrogens is 414 g/mol. The molecule has 2 fully saturated rings. The summed E-state index contributed by atoms with van der Waals surface area (Å²) in [6.45, 7) is 3.60. The largest absolute Gasteiger partial charge is 0.372 e. The Morgan fingerprint density at radius 1 is 1.06 bits per heavy atom. The second-order valence-corrected chi connectivity index (χ2v) is 9.17.